The summed E-state index contributed by atoms with van der Waals surface area (Å²) in [7, 11) is 0. The van der Waals surface area contributed by atoms with Crippen LogP contribution in [0, 0.1) is 11.8 Å². The van der Waals surface area contributed by atoms with Gasteiger partial charge in [-0.2, -0.15) is 0 Å². The SMILES string of the molecule is O=C(CCC1CCCNC1)NCCNC(=O)C1CC1. The first-order valence-corrected chi connectivity index (χ1v) is 7.51. The maximum absolute atomic E-state index is 11.6. The summed E-state index contributed by atoms with van der Waals surface area (Å²) in [6.45, 7) is 3.25. The molecule has 0 aromatic heterocycles. The van der Waals surface area contributed by atoms with Gasteiger partial charge in [0, 0.05) is 25.4 Å². The summed E-state index contributed by atoms with van der Waals surface area (Å²) in [6, 6.07) is 0. The molecule has 1 unspecified atom stereocenters. The Morgan fingerprint density at radius 1 is 1.11 bits per heavy atom. The Bertz CT molecular complexity index is 310. The molecule has 1 atom stereocenters. The summed E-state index contributed by atoms with van der Waals surface area (Å²) in [5.41, 5.74) is 0. The van der Waals surface area contributed by atoms with E-state index in [-0.39, 0.29) is 17.7 Å². The van der Waals surface area contributed by atoms with Gasteiger partial charge in [-0.25, -0.2) is 0 Å². The third kappa shape index (κ3) is 5.59. The molecule has 19 heavy (non-hydrogen) atoms. The number of hydrogen-bond acceptors (Lipinski definition) is 3. The fraction of sp³-hybridized carbons (Fsp3) is 0.857. The van der Waals surface area contributed by atoms with Crippen molar-refractivity contribution in [3.8, 4) is 0 Å². The third-order valence-corrected chi connectivity index (χ3v) is 3.87. The van der Waals surface area contributed by atoms with E-state index in [1.54, 1.807) is 0 Å². The first kappa shape index (κ1) is 14.3. The molecule has 0 bridgehead atoms. The fourth-order valence-electron chi connectivity index (χ4n) is 2.47. The van der Waals surface area contributed by atoms with E-state index in [2.05, 4.69) is 16.0 Å². The predicted octanol–water partition coefficient (Wildman–Crippen LogP) is 0.409. The van der Waals surface area contributed by atoms with Crippen LogP contribution < -0.4 is 16.0 Å². The zero-order chi connectivity index (χ0) is 13.5. The lowest BCUT2D eigenvalue weighted by molar-refractivity contribution is -0.123. The number of carbonyl (C=O) groups excluding carboxylic acids is 2. The quantitative estimate of drug-likeness (QED) is 0.585. The molecule has 0 spiro atoms. The van der Waals surface area contributed by atoms with Crippen molar-refractivity contribution in [1.29, 1.82) is 0 Å². The van der Waals surface area contributed by atoms with E-state index in [4.69, 9.17) is 0 Å². The van der Waals surface area contributed by atoms with Crippen molar-refractivity contribution in [1.82, 2.24) is 16.0 Å². The highest BCUT2D eigenvalue weighted by atomic mass is 16.2. The Balaban J connectivity index is 1.45. The fourth-order valence-corrected chi connectivity index (χ4v) is 2.47. The highest BCUT2D eigenvalue weighted by Crippen LogP contribution is 2.28. The predicted molar refractivity (Wildman–Crippen MR) is 73.6 cm³/mol. The molecular weight excluding hydrogens is 242 g/mol. The van der Waals surface area contributed by atoms with Crippen molar-refractivity contribution in [2.24, 2.45) is 11.8 Å². The van der Waals surface area contributed by atoms with Crippen LogP contribution in [0.25, 0.3) is 0 Å². The highest BCUT2D eigenvalue weighted by Gasteiger charge is 2.28. The lowest BCUT2D eigenvalue weighted by Crippen LogP contribution is -2.36. The highest BCUT2D eigenvalue weighted by molar-refractivity contribution is 5.81. The minimum Gasteiger partial charge on any atom is -0.354 e. The van der Waals surface area contributed by atoms with Crippen LogP contribution in [0.4, 0.5) is 0 Å². The van der Waals surface area contributed by atoms with Crippen LogP contribution >= 0.6 is 0 Å². The molecule has 2 rings (SSSR count). The standard InChI is InChI=1S/C14H25N3O2/c18-13(6-3-11-2-1-7-15-10-11)16-8-9-17-14(19)12-4-5-12/h11-12,15H,1-10H2,(H,16,18)(H,17,19). The number of rotatable bonds is 7. The molecule has 108 valence electrons. The number of hydrogen-bond donors (Lipinski definition) is 3. The van der Waals surface area contributed by atoms with E-state index in [1.807, 2.05) is 0 Å². The molecule has 1 saturated carbocycles. The second-order valence-corrected chi connectivity index (χ2v) is 5.67. The van der Waals surface area contributed by atoms with Crippen molar-refractivity contribution in [2.45, 2.75) is 38.5 Å². The molecule has 0 aromatic carbocycles. The topological polar surface area (TPSA) is 70.2 Å². The molecule has 0 radical (unpaired) electrons. The van der Waals surface area contributed by atoms with Crippen molar-refractivity contribution < 1.29 is 9.59 Å². The summed E-state index contributed by atoms with van der Waals surface area (Å²) in [4.78, 5) is 23.0. The van der Waals surface area contributed by atoms with Gasteiger partial charge in [-0.05, 0) is 51.1 Å². The Kier molecular flexibility index (Phi) is 5.63. The molecule has 1 aliphatic heterocycles. The van der Waals surface area contributed by atoms with Crippen LogP contribution in [-0.2, 0) is 9.59 Å². The summed E-state index contributed by atoms with van der Waals surface area (Å²) in [5, 5.41) is 9.07. The van der Waals surface area contributed by atoms with Crippen LogP contribution in [0.1, 0.15) is 38.5 Å². The van der Waals surface area contributed by atoms with Gasteiger partial charge in [-0.3, -0.25) is 9.59 Å². The van der Waals surface area contributed by atoms with Crippen molar-refractivity contribution in [3.05, 3.63) is 0 Å². The maximum Gasteiger partial charge on any atom is 0.223 e. The summed E-state index contributed by atoms with van der Waals surface area (Å²) in [6.07, 6.45) is 6.06. The lowest BCUT2D eigenvalue weighted by atomic mass is 9.94. The van der Waals surface area contributed by atoms with Crippen LogP contribution in [0.2, 0.25) is 0 Å². The van der Waals surface area contributed by atoms with Gasteiger partial charge in [0.05, 0.1) is 0 Å². The van der Waals surface area contributed by atoms with Crippen molar-refractivity contribution >= 4 is 11.8 Å². The number of amides is 2. The van der Waals surface area contributed by atoms with Gasteiger partial charge in [-0.15, -0.1) is 0 Å². The van der Waals surface area contributed by atoms with Gasteiger partial charge in [0.1, 0.15) is 0 Å². The van der Waals surface area contributed by atoms with Gasteiger partial charge < -0.3 is 16.0 Å². The summed E-state index contributed by atoms with van der Waals surface area (Å²) in [5.74, 6) is 1.14. The van der Waals surface area contributed by atoms with Gasteiger partial charge in [0.2, 0.25) is 11.8 Å². The van der Waals surface area contributed by atoms with E-state index in [0.29, 0.717) is 25.4 Å². The average Bonchev–Trinajstić information content (AvgIpc) is 3.27. The number of piperidine rings is 1. The van der Waals surface area contributed by atoms with Gasteiger partial charge in [-0.1, -0.05) is 0 Å². The Hall–Kier alpha value is -1.10. The van der Waals surface area contributed by atoms with Gasteiger partial charge >= 0.3 is 0 Å². The monoisotopic (exact) mass is 267 g/mol. The van der Waals surface area contributed by atoms with Crippen LogP contribution in [0.15, 0.2) is 0 Å². The minimum atomic E-state index is 0.103. The minimum absolute atomic E-state index is 0.103. The molecule has 1 heterocycles. The van der Waals surface area contributed by atoms with Crippen molar-refractivity contribution in [2.75, 3.05) is 26.2 Å². The zero-order valence-electron chi connectivity index (χ0n) is 11.5. The summed E-state index contributed by atoms with van der Waals surface area (Å²) < 4.78 is 0. The lowest BCUT2D eigenvalue weighted by Gasteiger charge is -2.22. The maximum atomic E-state index is 11.6. The molecule has 0 aromatic rings. The van der Waals surface area contributed by atoms with E-state index in [0.717, 1.165) is 32.4 Å². The Morgan fingerprint density at radius 3 is 2.58 bits per heavy atom. The first-order valence-electron chi connectivity index (χ1n) is 7.51. The van der Waals surface area contributed by atoms with E-state index >= 15 is 0 Å². The Morgan fingerprint density at radius 2 is 1.89 bits per heavy atom. The molecule has 5 heteroatoms. The van der Waals surface area contributed by atoms with Crippen LogP contribution in [0.5, 0.6) is 0 Å². The number of carbonyl (C=O) groups is 2. The molecule has 5 nitrogen and oxygen atoms in total. The molecule has 1 aliphatic carbocycles. The van der Waals surface area contributed by atoms with E-state index < -0.39 is 0 Å². The van der Waals surface area contributed by atoms with Gasteiger partial charge in [0.25, 0.3) is 0 Å². The van der Waals surface area contributed by atoms with Crippen molar-refractivity contribution in [3.63, 3.8) is 0 Å². The number of nitrogens with one attached hydrogen (secondary N) is 3. The van der Waals surface area contributed by atoms with Gasteiger partial charge in [0.15, 0.2) is 0 Å². The summed E-state index contributed by atoms with van der Waals surface area (Å²) >= 11 is 0. The smallest absolute Gasteiger partial charge is 0.223 e. The second-order valence-electron chi connectivity index (χ2n) is 5.67. The second kappa shape index (κ2) is 7.48. The molecule has 1 saturated heterocycles. The largest absolute Gasteiger partial charge is 0.354 e. The molecule has 2 fully saturated rings. The van der Waals surface area contributed by atoms with E-state index in [1.165, 1.54) is 12.8 Å². The Labute approximate surface area is 114 Å². The van der Waals surface area contributed by atoms with E-state index in [9.17, 15) is 9.59 Å². The molecular formula is C14H25N3O2. The third-order valence-electron chi connectivity index (χ3n) is 3.87. The molecule has 2 amide bonds. The van der Waals surface area contributed by atoms with Crippen LogP contribution in [0.3, 0.4) is 0 Å². The first-order chi connectivity index (χ1) is 9.25. The average molecular weight is 267 g/mol. The normalized spacial score (nSPS) is 22.8. The van der Waals surface area contributed by atoms with Crippen LogP contribution in [-0.4, -0.2) is 38.0 Å². The molecule has 3 N–H and O–H groups in total. The molecule has 2 aliphatic rings. The zero-order valence-corrected chi connectivity index (χ0v) is 11.5.